The summed E-state index contributed by atoms with van der Waals surface area (Å²) < 4.78 is 5.18. The van der Waals surface area contributed by atoms with Gasteiger partial charge in [0.05, 0.1) is 5.56 Å². The number of benzene rings is 1. The summed E-state index contributed by atoms with van der Waals surface area (Å²) in [5, 5.41) is 0. The second kappa shape index (κ2) is 10.4. The summed E-state index contributed by atoms with van der Waals surface area (Å²) in [5.74, 6) is -0.212. The molecule has 0 amide bonds. The lowest BCUT2D eigenvalue weighted by atomic mass is 9.96. The molecule has 1 heterocycles. The second-order valence-corrected chi connectivity index (χ2v) is 7.15. The maximum Gasteiger partial charge on any atom is 0.339 e. The second-order valence-electron chi connectivity index (χ2n) is 7.15. The van der Waals surface area contributed by atoms with Crippen molar-refractivity contribution in [3.8, 4) is 0 Å². The van der Waals surface area contributed by atoms with E-state index in [0.29, 0.717) is 11.0 Å². The zero-order valence-corrected chi connectivity index (χ0v) is 14.3. The molecule has 0 saturated carbocycles. The first-order chi connectivity index (χ1) is 9.03. The SMILES string of the molecule is C.C.CC(C)(C)C.CC1(C)OC(=O)c2ccccc21.CCC. The Kier molecular flexibility index (Phi) is 12.1. The fraction of sp³-hybridized carbons (Fsp3) is 0.650. The highest BCUT2D eigenvalue weighted by Crippen LogP contribution is 2.34. The fourth-order valence-electron chi connectivity index (χ4n) is 1.53. The van der Waals surface area contributed by atoms with Crippen molar-refractivity contribution in [2.45, 2.75) is 82.3 Å². The number of hydrogen-bond acceptors (Lipinski definition) is 2. The van der Waals surface area contributed by atoms with Crippen molar-refractivity contribution in [1.29, 1.82) is 0 Å². The Morgan fingerprint density at radius 1 is 1.00 bits per heavy atom. The number of hydrogen-bond donors (Lipinski definition) is 0. The van der Waals surface area contributed by atoms with Crippen LogP contribution in [0.15, 0.2) is 24.3 Å². The molecule has 0 atom stereocenters. The van der Waals surface area contributed by atoms with E-state index in [4.69, 9.17) is 4.74 Å². The monoisotopic (exact) mass is 310 g/mol. The van der Waals surface area contributed by atoms with Crippen LogP contribution in [0.3, 0.4) is 0 Å². The minimum absolute atomic E-state index is 0. The maximum absolute atomic E-state index is 11.3. The Morgan fingerprint density at radius 3 is 1.73 bits per heavy atom. The molecule has 2 nitrogen and oxygen atoms in total. The highest BCUT2D eigenvalue weighted by atomic mass is 16.6. The molecule has 130 valence electrons. The molecule has 2 heteroatoms. The third-order valence-electron chi connectivity index (χ3n) is 2.14. The molecule has 0 aromatic heterocycles. The van der Waals surface area contributed by atoms with E-state index >= 15 is 0 Å². The molecule has 0 aliphatic carbocycles. The largest absolute Gasteiger partial charge is 0.451 e. The van der Waals surface area contributed by atoms with E-state index in [0.717, 1.165) is 5.56 Å². The minimum atomic E-state index is -0.451. The Balaban J connectivity index is -0.000000312. The summed E-state index contributed by atoms with van der Waals surface area (Å²) in [7, 11) is 0. The lowest BCUT2D eigenvalue weighted by molar-refractivity contribution is 0.00954. The van der Waals surface area contributed by atoms with Crippen LogP contribution in [0.2, 0.25) is 0 Å². The van der Waals surface area contributed by atoms with Gasteiger partial charge in [0, 0.05) is 5.56 Å². The molecule has 0 spiro atoms. The molecular formula is C20H38O2. The zero-order chi connectivity index (χ0) is 16.0. The average Bonchev–Trinajstić information content (AvgIpc) is 2.49. The third kappa shape index (κ3) is 9.59. The fourth-order valence-corrected chi connectivity index (χ4v) is 1.53. The van der Waals surface area contributed by atoms with Gasteiger partial charge >= 0.3 is 5.97 Å². The molecule has 1 aromatic rings. The number of rotatable bonds is 0. The van der Waals surface area contributed by atoms with Crippen LogP contribution in [0.4, 0.5) is 0 Å². The first-order valence-corrected chi connectivity index (χ1v) is 7.35. The van der Waals surface area contributed by atoms with Crippen molar-refractivity contribution in [3.05, 3.63) is 35.4 Å². The van der Waals surface area contributed by atoms with Gasteiger partial charge in [0.2, 0.25) is 0 Å². The van der Waals surface area contributed by atoms with E-state index in [1.807, 2.05) is 32.0 Å². The van der Waals surface area contributed by atoms with Crippen molar-refractivity contribution in [2.75, 3.05) is 0 Å². The van der Waals surface area contributed by atoms with E-state index in [1.54, 1.807) is 6.07 Å². The average molecular weight is 311 g/mol. The smallest absolute Gasteiger partial charge is 0.339 e. The number of cyclic esters (lactones) is 1. The van der Waals surface area contributed by atoms with Gasteiger partial charge in [0.1, 0.15) is 5.60 Å². The standard InChI is InChI=1S/C10H10O2.C5H12.C3H8.2CH4/c1-10(2)8-6-4-3-5-7(8)9(11)12-10;1-5(2,3)4;1-3-2;;/h3-6H,1-2H3;1-4H3;3H2,1-2H3;2*1H4. The molecule has 2 rings (SSSR count). The topological polar surface area (TPSA) is 26.3 Å². The molecule has 0 bridgehead atoms. The summed E-state index contributed by atoms with van der Waals surface area (Å²) in [6.07, 6.45) is 1.25. The van der Waals surface area contributed by atoms with Crippen LogP contribution in [-0.2, 0) is 10.3 Å². The van der Waals surface area contributed by atoms with Gasteiger partial charge in [-0.25, -0.2) is 4.79 Å². The molecule has 0 radical (unpaired) electrons. The van der Waals surface area contributed by atoms with E-state index in [9.17, 15) is 4.79 Å². The van der Waals surface area contributed by atoms with Crippen molar-refractivity contribution < 1.29 is 9.53 Å². The highest BCUT2D eigenvalue weighted by Gasteiger charge is 2.36. The van der Waals surface area contributed by atoms with Gasteiger partial charge in [0.25, 0.3) is 0 Å². The molecule has 0 N–H and O–H groups in total. The van der Waals surface area contributed by atoms with Crippen LogP contribution >= 0.6 is 0 Å². The number of esters is 1. The van der Waals surface area contributed by atoms with Crippen LogP contribution in [0.25, 0.3) is 0 Å². The van der Waals surface area contributed by atoms with Crippen molar-refractivity contribution in [2.24, 2.45) is 5.41 Å². The normalized spacial score (nSPS) is 13.7. The van der Waals surface area contributed by atoms with Gasteiger partial charge < -0.3 is 4.74 Å². The molecule has 0 saturated heterocycles. The molecule has 1 aliphatic heterocycles. The van der Waals surface area contributed by atoms with Crippen LogP contribution in [0, 0.1) is 5.41 Å². The quantitative estimate of drug-likeness (QED) is 0.491. The predicted octanol–water partition coefficient (Wildman–Crippen LogP) is 6.83. The van der Waals surface area contributed by atoms with Crippen molar-refractivity contribution >= 4 is 5.97 Å². The predicted molar refractivity (Wildman–Crippen MR) is 99.4 cm³/mol. The first-order valence-electron chi connectivity index (χ1n) is 7.35. The first kappa shape index (κ1) is 25.6. The van der Waals surface area contributed by atoms with Gasteiger partial charge in [0.15, 0.2) is 0 Å². The van der Waals surface area contributed by atoms with E-state index in [-0.39, 0.29) is 20.8 Å². The maximum atomic E-state index is 11.3. The van der Waals surface area contributed by atoms with Crippen LogP contribution < -0.4 is 0 Å². The molecule has 1 aliphatic rings. The number of carbonyl (C=O) groups is 1. The van der Waals surface area contributed by atoms with Crippen LogP contribution in [-0.4, -0.2) is 5.97 Å². The lowest BCUT2D eigenvalue weighted by Crippen LogP contribution is -2.15. The molecule has 22 heavy (non-hydrogen) atoms. The van der Waals surface area contributed by atoms with Gasteiger partial charge in [-0.2, -0.15) is 0 Å². The lowest BCUT2D eigenvalue weighted by Gasteiger charge is -2.16. The Hall–Kier alpha value is -1.31. The molecule has 0 unspecified atom stereocenters. The Morgan fingerprint density at radius 2 is 1.36 bits per heavy atom. The third-order valence-corrected chi connectivity index (χ3v) is 2.14. The van der Waals surface area contributed by atoms with Crippen LogP contribution in [0.1, 0.15) is 92.6 Å². The van der Waals surface area contributed by atoms with Gasteiger partial charge in [-0.1, -0.05) is 81.0 Å². The summed E-state index contributed by atoms with van der Waals surface area (Å²) in [4.78, 5) is 11.3. The summed E-state index contributed by atoms with van der Waals surface area (Å²) >= 11 is 0. The van der Waals surface area contributed by atoms with Crippen molar-refractivity contribution in [3.63, 3.8) is 0 Å². The summed E-state index contributed by atoms with van der Waals surface area (Å²) in [6.45, 7) is 16.8. The zero-order valence-electron chi connectivity index (χ0n) is 14.3. The van der Waals surface area contributed by atoms with Gasteiger partial charge in [-0.15, -0.1) is 0 Å². The summed E-state index contributed by atoms with van der Waals surface area (Å²) in [6, 6.07) is 7.50. The van der Waals surface area contributed by atoms with E-state index < -0.39 is 5.60 Å². The van der Waals surface area contributed by atoms with Crippen molar-refractivity contribution in [1.82, 2.24) is 0 Å². The summed E-state index contributed by atoms with van der Waals surface area (Å²) in [5.41, 5.74) is 1.73. The molecule has 1 aromatic carbocycles. The van der Waals surface area contributed by atoms with Gasteiger partial charge in [-0.05, 0) is 25.3 Å². The number of ether oxygens (including phenoxy) is 1. The Bertz CT molecular complexity index is 420. The number of fused-ring (bicyclic) bond motifs is 1. The molecular weight excluding hydrogens is 272 g/mol. The molecule has 0 fully saturated rings. The number of carbonyl (C=O) groups excluding carboxylic acids is 1. The Labute approximate surface area is 139 Å². The van der Waals surface area contributed by atoms with E-state index in [2.05, 4.69) is 41.5 Å². The van der Waals surface area contributed by atoms with E-state index in [1.165, 1.54) is 6.42 Å². The van der Waals surface area contributed by atoms with Crippen LogP contribution in [0.5, 0.6) is 0 Å². The highest BCUT2D eigenvalue weighted by molar-refractivity contribution is 5.94. The minimum Gasteiger partial charge on any atom is -0.451 e. The van der Waals surface area contributed by atoms with Gasteiger partial charge in [-0.3, -0.25) is 0 Å².